The first-order valence-electron chi connectivity index (χ1n) is 11.1. The number of hydrogen-bond acceptors (Lipinski definition) is 5. The fourth-order valence-electron chi connectivity index (χ4n) is 3.76. The third kappa shape index (κ3) is 5.76. The Labute approximate surface area is 209 Å². The third-order valence-corrected chi connectivity index (χ3v) is 6.95. The summed E-state index contributed by atoms with van der Waals surface area (Å²) in [5.41, 5.74) is 8.19. The molecule has 3 aromatic carbocycles. The Morgan fingerprint density at radius 2 is 1.42 bits per heavy atom. The highest BCUT2D eigenvalue weighted by Gasteiger charge is 2.29. The van der Waals surface area contributed by atoms with E-state index in [4.69, 9.17) is 5.73 Å². The topological polar surface area (TPSA) is 122 Å². The number of anilines is 1. The third-order valence-electron chi connectivity index (χ3n) is 5.51. The summed E-state index contributed by atoms with van der Waals surface area (Å²) in [6.45, 7) is 0.943. The van der Waals surface area contributed by atoms with Crippen LogP contribution in [0.5, 0.6) is 0 Å². The predicted molar refractivity (Wildman–Crippen MR) is 136 cm³/mol. The van der Waals surface area contributed by atoms with Crippen molar-refractivity contribution in [3.63, 3.8) is 0 Å². The molecule has 9 heteroatoms. The monoisotopic (exact) mass is 500 g/mol. The van der Waals surface area contributed by atoms with Gasteiger partial charge in [0, 0.05) is 24.8 Å². The van der Waals surface area contributed by atoms with Gasteiger partial charge >= 0.3 is 0 Å². The molecular formula is C27H24N4O4S. The molecule has 1 aliphatic heterocycles. The van der Waals surface area contributed by atoms with E-state index in [0.29, 0.717) is 24.3 Å². The largest absolute Gasteiger partial charge is 0.366 e. The van der Waals surface area contributed by atoms with E-state index >= 15 is 0 Å². The number of carbonyl (C=O) groups excluding carboxylic acids is 2. The molecule has 36 heavy (non-hydrogen) atoms. The van der Waals surface area contributed by atoms with E-state index in [1.807, 2.05) is 30.3 Å². The van der Waals surface area contributed by atoms with Crippen molar-refractivity contribution in [2.24, 2.45) is 5.73 Å². The van der Waals surface area contributed by atoms with Gasteiger partial charge in [-0.3, -0.25) is 19.3 Å². The molecule has 2 heterocycles. The van der Waals surface area contributed by atoms with E-state index in [1.165, 1.54) is 12.3 Å². The van der Waals surface area contributed by atoms with Crippen LogP contribution in [0, 0.1) is 0 Å². The van der Waals surface area contributed by atoms with E-state index in [0.717, 1.165) is 11.1 Å². The van der Waals surface area contributed by atoms with Crippen LogP contribution in [-0.4, -0.2) is 30.1 Å². The number of aromatic nitrogens is 1. The minimum atomic E-state index is -3.92. The van der Waals surface area contributed by atoms with Crippen LogP contribution in [0.25, 0.3) is 0 Å². The molecule has 5 rings (SSSR count). The lowest BCUT2D eigenvalue weighted by molar-refractivity contribution is 0.0747. The van der Waals surface area contributed by atoms with Crippen molar-refractivity contribution >= 4 is 27.5 Å². The average molecular weight is 501 g/mol. The van der Waals surface area contributed by atoms with Crippen LogP contribution in [0.4, 0.5) is 5.69 Å². The van der Waals surface area contributed by atoms with Crippen molar-refractivity contribution in [2.45, 2.75) is 18.0 Å². The minimum Gasteiger partial charge on any atom is -0.366 e. The minimum absolute atomic E-state index is 0.0465. The molecule has 182 valence electrons. The van der Waals surface area contributed by atoms with Crippen LogP contribution in [0.2, 0.25) is 0 Å². The van der Waals surface area contributed by atoms with Crippen LogP contribution >= 0.6 is 0 Å². The fraction of sp³-hybridized carbons (Fsp3) is 0.0741. The summed E-state index contributed by atoms with van der Waals surface area (Å²) >= 11 is 0. The molecule has 1 aromatic heterocycles. The highest BCUT2D eigenvalue weighted by atomic mass is 32.2. The maximum Gasteiger partial charge on any atom is 0.262 e. The Morgan fingerprint density at radius 1 is 0.806 bits per heavy atom. The normalized spacial score (nSPS) is 12.2. The predicted octanol–water partition coefficient (Wildman–Crippen LogP) is 3.82. The van der Waals surface area contributed by atoms with Crippen LogP contribution < -0.4 is 10.5 Å². The smallest absolute Gasteiger partial charge is 0.262 e. The second-order valence-corrected chi connectivity index (χ2v) is 9.65. The van der Waals surface area contributed by atoms with Crippen LogP contribution in [-0.2, 0) is 23.1 Å². The number of primary amides is 1. The second kappa shape index (κ2) is 10.8. The maximum absolute atomic E-state index is 13.1. The molecule has 2 amide bonds. The fourth-order valence-corrected chi connectivity index (χ4v) is 5.00. The van der Waals surface area contributed by atoms with E-state index in [-0.39, 0.29) is 22.3 Å². The average Bonchev–Trinajstić information content (AvgIpc) is 3.34. The zero-order valence-corrected chi connectivity index (χ0v) is 20.1. The van der Waals surface area contributed by atoms with Gasteiger partial charge < -0.3 is 10.6 Å². The Balaban J connectivity index is 0.000000286. The Morgan fingerprint density at radius 3 is 2.00 bits per heavy atom. The van der Waals surface area contributed by atoms with Gasteiger partial charge in [-0.1, -0.05) is 54.6 Å². The van der Waals surface area contributed by atoms with Gasteiger partial charge in [0.15, 0.2) is 0 Å². The molecule has 0 spiro atoms. The van der Waals surface area contributed by atoms with E-state index < -0.39 is 10.0 Å². The van der Waals surface area contributed by atoms with Crippen LogP contribution in [0.15, 0.2) is 108 Å². The number of nitrogens with one attached hydrogen (secondary N) is 1. The summed E-state index contributed by atoms with van der Waals surface area (Å²) < 4.78 is 28.2. The highest BCUT2D eigenvalue weighted by molar-refractivity contribution is 7.92. The summed E-state index contributed by atoms with van der Waals surface area (Å²) in [6.07, 6.45) is 2.97. The van der Waals surface area contributed by atoms with Crippen molar-refractivity contribution in [3.8, 4) is 0 Å². The Kier molecular flexibility index (Phi) is 7.41. The summed E-state index contributed by atoms with van der Waals surface area (Å²) in [7, 11) is -3.92. The van der Waals surface area contributed by atoms with Crippen molar-refractivity contribution in [1.29, 1.82) is 0 Å². The van der Waals surface area contributed by atoms with Crippen molar-refractivity contribution in [3.05, 3.63) is 126 Å². The standard InChI is InChI=1S/C20H17N3O3S.C7H7NO/c24-20(23-13-15-6-1-2-7-16(15)14-23)18-9-3-4-10-19(18)27(25,26)22-17-8-5-11-21-12-17;8-7(9)6-4-2-1-3-5-6/h1-12,22H,13-14H2;1-5H,(H2,8,9). The summed E-state index contributed by atoms with van der Waals surface area (Å²) in [5.74, 6) is -0.686. The van der Waals surface area contributed by atoms with E-state index in [2.05, 4.69) is 9.71 Å². The molecule has 0 bridgehead atoms. The molecule has 1 aliphatic rings. The number of rotatable bonds is 5. The van der Waals surface area contributed by atoms with Gasteiger partial charge in [-0.05, 0) is 47.5 Å². The molecule has 0 saturated heterocycles. The molecule has 8 nitrogen and oxygen atoms in total. The first-order chi connectivity index (χ1) is 17.3. The maximum atomic E-state index is 13.1. The first kappa shape index (κ1) is 24.6. The molecule has 4 aromatic rings. The lowest BCUT2D eigenvalue weighted by atomic mass is 10.1. The lowest BCUT2D eigenvalue weighted by Crippen LogP contribution is -2.28. The van der Waals surface area contributed by atoms with Gasteiger partial charge in [0.2, 0.25) is 5.91 Å². The van der Waals surface area contributed by atoms with E-state index in [9.17, 15) is 18.0 Å². The molecule has 0 atom stereocenters. The second-order valence-electron chi connectivity index (χ2n) is 8.00. The number of nitrogens with zero attached hydrogens (tertiary/aromatic N) is 2. The first-order valence-corrected chi connectivity index (χ1v) is 12.6. The van der Waals surface area contributed by atoms with Gasteiger partial charge in [0.1, 0.15) is 4.90 Å². The highest BCUT2D eigenvalue weighted by Crippen LogP contribution is 2.27. The zero-order valence-electron chi connectivity index (χ0n) is 19.2. The number of nitrogens with two attached hydrogens (primary N) is 1. The molecule has 0 saturated carbocycles. The summed E-state index contributed by atoms with van der Waals surface area (Å²) in [5, 5.41) is 0. The van der Waals surface area contributed by atoms with Crippen molar-refractivity contribution in [1.82, 2.24) is 9.88 Å². The summed E-state index contributed by atoms with van der Waals surface area (Å²) in [4.78, 5) is 29.0. The van der Waals surface area contributed by atoms with Gasteiger partial charge in [-0.2, -0.15) is 0 Å². The number of fused-ring (bicyclic) bond motifs is 1. The molecule has 0 aliphatic carbocycles. The lowest BCUT2D eigenvalue weighted by Gasteiger charge is -2.18. The number of benzene rings is 3. The number of hydrogen-bond donors (Lipinski definition) is 2. The van der Waals surface area contributed by atoms with Gasteiger partial charge in [-0.15, -0.1) is 0 Å². The SMILES string of the molecule is NC(=O)c1ccccc1.O=C(c1ccccc1S(=O)(=O)Nc1cccnc1)N1Cc2ccccc2C1. The summed E-state index contributed by atoms with van der Waals surface area (Å²) in [6, 6.07) is 26.1. The molecule has 3 N–H and O–H groups in total. The van der Waals surface area contributed by atoms with Crippen LogP contribution in [0.3, 0.4) is 0 Å². The number of amides is 2. The molecular weight excluding hydrogens is 476 g/mol. The quantitative estimate of drug-likeness (QED) is 0.431. The van der Waals surface area contributed by atoms with Gasteiger partial charge in [0.05, 0.1) is 17.4 Å². The molecule has 0 radical (unpaired) electrons. The van der Waals surface area contributed by atoms with Crippen molar-refractivity contribution < 1.29 is 18.0 Å². The number of sulfonamides is 1. The van der Waals surface area contributed by atoms with Gasteiger partial charge in [-0.25, -0.2) is 8.42 Å². The number of pyridine rings is 1. The Hall–Kier alpha value is -4.50. The Bertz CT molecular complexity index is 1450. The number of carbonyl (C=O) groups is 2. The van der Waals surface area contributed by atoms with E-state index in [1.54, 1.807) is 65.7 Å². The molecule has 0 fully saturated rings. The zero-order chi connectivity index (χ0) is 25.5. The van der Waals surface area contributed by atoms with Crippen molar-refractivity contribution in [2.75, 3.05) is 4.72 Å². The molecule has 0 unspecified atom stereocenters. The van der Waals surface area contributed by atoms with Gasteiger partial charge in [0.25, 0.3) is 15.9 Å². The van der Waals surface area contributed by atoms with Crippen LogP contribution in [0.1, 0.15) is 31.8 Å².